The lowest BCUT2D eigenvalue weighted by Crippen LogP contribution is -2.33. The summed E-state index contributed by atoms with van der Waals surface area (Å²) < 4.78 is 22.6. The minimum atomic E-state index is -2.98. The van der Waals surface area contributed by atoms with Crippen molar-refractivity contribution in [2.24, 2.45) is 5.92 Å². The van der Waals surface area contributed by atoms with Crippen LogP contribution in [0, 0.1) is 16.0 Å². The molecule has 1 aromatic carbocycles. The topological polar surface area (TPSA) is 118 Å². The average Bonchev–Trinajstić information content (AvgIpc) is 2.76. The van der Waals surface area contributed by atoms with E-state index in [1.54, 1.807) is 6.07 Å². The number of benzene rings is 1. The first-order valence-corrected chi connectivity index (χ1v) is 8.18. The molecule has 1 aliphatic rings. The van der Waals surface area contributed by atoms with Gasteiger partial charge in [0.15, 0.2) is 9.84 Å². The number of nitrogens with zero attached hydrogens (tertiary/aromatic N) is 1. The summed E-state index contributed by atoms with van der Waals surface area (Å²) in [6.07, 6.45) is 0.522. The monoisotopic (exact) mass is 313 g/mol. The van der Waals surface area contributed by atoms with Crippen molar-refractivity contribution in [3.8, 4) is 0 Å². The second-order valence-corrected chi connectivity index (χ2v) is 7.11. The van der Waals surface area contributed by atoms with Gasteiger partial charge < -0.3 is 10.6 Å². The largest absolute Gasteiger partial charge is 0.338 e. The average molecular weight is 313 g/mol. The van der Waals surface area contributed by atoms with Gasteiger partial charge in [0.2, 0.25) is 0 Å². The molecule has 9 heteroatoms. The summed E-state index contributed by atoms with van der Waals surface area (Å²) >= 11 is 0. The molecule has 1 saturated heterocycles. The first-order valence-electron chi connectivity index (χ1n) is 6.36. The predicted molar refractivity (Wildman–Crippen MR) is 76.9 cm³/mol. The number of hydrogen-bond donors (Lipinski definition) is 2. The van der Waals surface area contributed by atoms with Gasteiger partial charge in [-0.05, 0) is 18.4 Å². The molecule has 1 heterocycles. The summed E-state index contributed by atoms with van der Waals surface area (Å²) in [5, 5.41) is 15.7. The smallest absolute Gasteiger partial charge is 0.319 e. The Morgan fingerprint density at radius 3 is 2.71 bits per heavy atom. The molecule has 1 aromatic rings. The van der Waals surface area contributed by atoms with Gasteiger partial charge in [-0.1, -0.05) is 12.1 Å². The number of urea groups is 1. The molecule has 2 amide bonds. The standard InChI is InChI=1S/C12H15N3O5S/c16-12(13-7-9-5-6-21(19,20)8-9)14-10-3-1-2-4-11(10)15(17)18/h1-4,9H,5-8H2,(H2,13,14,16). The van der Waals surface area contributed by atoms with Crippen molar-refractivity contribution in [2.75, 3.05) is 23.4 Å². The van der Waals surface area contributed by atoms with Crippen LogP contribution in [0.3, 0.4) is 0 Å². The fourth-order valence-electron chi connectivity index (χ4n) is 2.18. The number of para-hydroxylation sites is 2. The van der Waals surface area contributed by atoms with E-state index in [1.807, 2.05) is 0 Å². The predicted octanol–water partition coefficient (Wildman–Crippen LogP) is 1.15. The number of nitro groups is 1. The summed E-state index contributed by atoms with van der Waals surface area (Å²) in [6.45, 7) is 0.228. The third-order valence-electron chi connectivity index (χ3n) is 3.23. The van der Waals surface area contributed by atoms with E-state index in [0.717, 1.165) is 0 Å². The van der Waals surface area contributed by atoms with Crippen molar-refractivity contribution in [2.45, 2.75) is 6.42 Å². The van der Waals surface area contributed by atoms with Crippen LogP contribution in [0.25, 0.3) is 0 Å². The Morgan fingerprint density at radius 1 is 1.38 bits per heavy atom. The first-order chi connectivity index (χ1) is 9.87. The molecule has 0 spiro atoms. The van der Waals surface area contributed by atoms with Gasteiger partial charge in [-0.3, -0.25) is 10.1 Å². The van der Waals surface area contributed by atoms with Crippen LogP contribution in [-0.4, -0.2) is 37.4 Å². The Kier molecular flexibility index (Phi) is 4.41. The van der Waals surface area contributed by atoms with Crippen LogP contribution in [0.1, 0.15) is 6.42 Å². The molecule has 0 bridgehead atoms. The molecule has 8 nitrogen and oxygen atoms in total. The zero-order chi connectivity index (χ0) is 15.5. The summed E-state index contributed by atoms with van der Waals surface area (Å²) in [4.78, 5) is 21.9. The quantitative estimate of drug-likeness (QED) is 0.638. The second kappa shape index (κ2) is 6.08. The lowest BCUT2D eigenvalue weighted by Gasteiger charge is -2.11. The molecular weight excluding hydrogens is 298 g/mol. The van der Waals surface area contributed by atoms with Crippen molar-refractivity contribution in [1.29, 1.82) is 0 Å². The van der Waals surface area contributed by atoms with Crippen LogP contribution >= 0.6 is 0 Å². The van der Waals surface area contributed by atoms with E-state index in [4.69, 9.17) is 0 Å². The van der Waals surface area contributed by atoms with E-state index in [9.17, 15) is 23.3 Å². The SMILES string of the molecule is O=C(NCC1CCS(=O)(=O)C1)Nc1ccccc1[N+](=O)[O-]. The molecule has 0 aliphatic carbocycles. The normalized spacial score (nSPS) is 19.9. The number of anilines is 1. The molecule has 0 radical (unpaired) electrons. The fourth-order valence-corrected chi connectivity index (χ4v) is 4.04. The third kappa shape index (κ3) is 4.15. The number of nitrogens with one attached hydrogen (secondary N) is 2. The third-order valence-corrected chi connectivity index (χ3v) is 5.06. The molecule has 1 aliphatic heterocycles. The van der Waals surface area contributed by atoms with Crippen LogP contribution in [0.15, 0.2) is 24.3 Å². The highest BCUT2D eigenvalue weighted by atomic mass is 32.2. The van der Waals surface area contributed by atoms with Gasteiger partial charge in [0.1, 0.15) is 5.69 Å². The van der Waals surface area contributed by atoms with Crippen molar-refractivity contribution in [1.82, 2.24) is 5.32 Å². The zero-order valence-corrected chi connectivity index (χ0v) is 11.9. The van der Waals surface area contributed by atoms with Crippen molar-refractivity contribution in [3.63, 3.8) is 0 Å². The maximum Gasteiger partial charge on any atom is 0.319 e. The van der Waals surface area contributed by atoms with Crippen molar-refractivity contribution >= 4 is 27.2 Å². The van der Waals surface area contributed by atoms with Gasteiger partial charge in [-0.25, -0.2) is 13.2 Å². The van der Waals surface area contributed by atoms with Crippen molar-refractivity contribution in [3.05, 3.63) is 34.4 Å². The highest BCUT2D eigenvalue weighted by Crippen LogP contribution is 2.23. The van der Waals surface area contributed by atoms with Crippen LogP contribution in [0.2, 0.25) is 0 Å². The molecule has 114 valence electrons. The maximum atomic E-state index is 11.7. The highest BCUT2D eigenvalue weighted by Gasteiger charge is 2.28. The zero-order valence-electron chi connectivity index (χ0n) is 11.1. The van der Waals surface area contributed by atoms with Gasteiger partial charge in [-0.2, -0.15) is 0 Å². The number of amides is 2. The van der Waals surface area contributed by atoms with Gasteiger partial charge in [-0.15, -0.1) is 0 Å². The number of nitro benzene ring substituents is 1. The van der Waals surface area contributed by atoms with E-state index >= 15 is 0 Å². The molecule has 2 rings (SSSR count). The Morgan fingerprint density at radius 2 is 2.10 bits per heavy atom. The Hall–Kier alpha value is -2.16. The Labute approximate surface area is 121 Å². The Bertz CT molecular complexity index is 659. The summed E-state index contributed by atoms with van der Waals surface area (Å²) in [7, 11) is -2.98. The molecule has 0 saturated carbocycles. The molecule has 21 heavy (non-hydrogen) atoms. The first kappa shape index (κ1) is 15.2. The molecule has 1 unspecified atom stereocenters. The second-order valence-electron chi connectivity index (χ2n) is 4.88. The maximum absolute atomic E-state index is 11.7. The van der Waals surface area contributed by atoms with E-state index in [0.29, 0.717) is 6.42 Å². The number of sulfone groups is 1. The molecule has 1 fully saturated rings. The van der Waals surface area contributed by atoms with E-state index in [2.05, 4.69) is 10.6 Å². The molecule has 2 N–H and O–H groups in total. The lowest BCUT2D eigenvalue weighted by molar-refractivity contribution is -0.383. The van der Waals surface area contributed by atoms with Gasteiger partial charge in [0, 0.05) is 12.6 Å². The van der Waals surface area contributed by atoms with E-state index in [-0.39, 0.29) is 35.3 Å². The lowest BCUT2D eigenvalue weighted by atomic mass is 10.1. The van der Waals surface area contributed by atoms with E-state index < -0.39 is 20.8 Å². The van der Waals surface area contributed by atoms with Gasteiger partial charge >= 0.3 is 6.03 Å². The minimum Gasteiger partial charge on any atom is -0.338 e. The van der Waals surface area contributed by atoms with Gasteiger partial charge in [0.05, 0.1) is 16.4 Å². The minimum absolute atomic E-state index is 0.0682. The number of rotatable bonds is 4. The number of carbonyl (C=O) groups excluding carboxylic acids is 1. The van der Waals surface area contributed by atoms with Crippen LogP contribution < -0.4 is 10.6 Å². The van der Waals surface area contributed by atoms with Crippen molar-refractivity contribution < 1.29 is 18.1 Å². The molecular formula is C12H15N3O5S. The number of hydrogen-bond acceptors (Lipinski definition) is 5. The van der Waals surface area contributed by atoms with Crippen LogP contribution in [0.5, 0.6) is 0 Å². The number of carbonyl (C=O) groups is 1. The van der Waals surface area contributed by atoms with Crippen LogP contribution in [-0.2, 0) is 9.84 Å². The highest BCUT2D eigenvalue weighted by molar-refractivity contribution is 7.91. The molecule has 1 atom stereocenters. The summed E-state index contributed by atoms with van der Waals surface area (Å²) in [5.41, 5.74) is -0.102. The van der Waals surface area contributed by atoms with Gasteiger partial charge in [0.25, 0.3) is 5.69 Å². The fraction of sp³-hybridized carbons (Fsp3) is 0.417. The summed E-state index contributed by atoms with van der Waals surface area (Å²) in [6, 6.07) is 5.21. The summed E-state index contributed by atoms with van der Waals surface area (Å²) in [5.74, 6) is 0.107. The molecule has 0 aromatic heterocycles. The Balaban J connectivity index is 1.90. The van der Waals surface area contributed by atoms with Crippen LogP contribution in [0.4, 0.5) is 16.2 Å². The van der Waals surface area contributed by atoms with E-state index in [1.165, 1.54) is 18.2 Å².